The molecule has 6 rings (SSSR count). The van der Waals surface area contributed by atoms with Gasteiger partial charge in [0.2, 0.25) is 0 Å². The predicted octanol–water partition coefficient (Wildman–Crippen LogP) is 7.32. The summed E-state index contributed by atoms with van der Waals surface area (Å²) in [5.41, 5.74) is 6.52. The molecule has 0 aliphatic heterocycles. The summed E-state index contributed by atoms with van der Waals surface area (Å²) >= 11 is 3.54. The van der Waals surface area contributed by atoms with Crippen molar-refractivity contribution >= 4 is 21.7 Å². The second-order valence-corrected chi connectivity index (χ2v) is 11.3. The lowest BCUT2D eigenvalue weighted by Gasteiger charge is -2.27. The molecule has 0 saturated carbocycles. The number of carbonyl (C=O) groups excluding carboxylic acids is 1. The van der Waals surface area contributed by atoms with Crippen molar-refractivity contribution in [3.8, 4) is 39.6 Å². The highest BCUT2D eigenvalue weighted by Crippen LogP contribution is 2.43. The van der Waals surface area contributed by atoms with Gasteiger partial charge in [0.1, 0.15) is 11.4 Å². The van der Waals surface area contributed by atoms with Crippen molar-refractivity contribution in [3.05, 3.63) is 101 Å². The lowest BCUT2D eigenvalue weighted by Crippen LogP contribution is -2.26. The summed E-state index contributed by atoms with van der Waals surface area (Å²) in [5.74, 6) is 0.884. The Bertz CT molecular complexity index is 1630. The first-order chi connectivity index (χ1) is 18.3. The maximum Gasteiger partial charge on any atom is 0.167 e. The van der Waals surface area contributed by atoms with Crippen LogP contribution in [0.5, 0.6) is 5.75 Å². The average molecular weight is 567 g/mol. The molecule has 0 saturated heterocycles. The number of benzene rings is 3. The number of Topliss-reactive ketones (excluding diaryl/α,β-unsaturated/α-hetero) is 1. The summed E-state index contributed by atoms with van der Waals surface area (Å²) in [6.45, 7) is 4.25. The molecule has 0 spiro atoms. The van der Waals surface area contributed by atoms with Crippen LogP contribution in [0.3, 0.4) is 0 Å². The molecule has 0 bridgehead atoms. The van der Waals surface area contributed by atoms with E-state index in [4.69, 9.17) is 14.9 Å². The van der Waals surface area contributed by atoms with Gasteiger partial charge in [-0.3, -0.25) is 4.79 Å². The summed E-state index contributed by atoms with van der Waals surface area (Å²) in [7, 11) is 1.65. The third kappa shape index (κ3) is 4.37. The predicted molar refractivity (Wildman–Crippen MR) is 152 cm³/mol. The highest BCUT2D eigenvalue weighted by molar-refractivity contribution is 9.10. The van der Waals surface area contributed by atoms with E-state index >= 15 is 0 Å². The van der Waals surface area contributed by atoms with Gasteiger partial charge in [-0.2, -0.15) is 10.2 Å². The maximum absolute atomic E-state index is 13.7. The number of rotatable bonds is 5. The second kappa shape index (κ2) is 9.40. The SMILES string of the molecule is COc1ccc(-c2nn(-c3ccccc3)cc2-c2c3c(nn2-c2ccc(Br)cc2)CC(C)(C)CC3=O)cc1. The summed E-state index contributed by atoms with van der Waals surface area (Å²) in [6.07, 6.45) is 3.22. The molecule has 0 unspecified atom stereocenters. The third-order valence-corrected chi connectivity index (χ3v) is 7.48. The summed E-state index contributed by atoms with van der Waals surface area (Å²) in [6, 6.07) is 25.8. The second-order valence-electron chi connectivity index (χ2n) is 10.4. The number of hydrogen-bond acceptors (Lipinski definition) is 4. The molecule has 2 heterocycles. The highest BCUT2D eigenvalue weighted by atomic mass is 79.9. The molecule has 3 aromatic carbocycles. The number of aromatic nitrogens is 4. The number of carbonyl (C=O) groups is 1. The van der Waals surface area contributed by atoms with Crippen LogP contribution in [0.1, 0.15) is 36.3 Å². The van der Waals surface area contributed by atoms with Gasteiger partial charge in [0, 0.05) is 28.2 Å². The smallest absolute Gasteiger partial charge is 0.167 e. The molecule has 5 aromatic rings. The fourth-order valence-corrected chi connectivity index (χ4v) is 5.42. The van der Waals surface area contributed by atoms with E-state index in [-0.39, 0.29) is 11.2 Å². The van der Waals surface area contributed by atoms with Gasteiger partial charge in [0.15, 0.2) is 5.78 Å². The van der Waals surface area contributed by atoms with Crippen LogP contribution in [0, 0.1) is 5.41 Å². The van der Waals surface area contributed by atoms with Gasteiger partial charge < -0.3 is 4.74 Å². The van der Waals surface area contributed by atoms with Gasteiger partial charge in [0.25, 0.3) is 0 Å². The number of nitrogens with zero attached hydrogens (tertiary/aromatic N) is 4. The van der Waals surface area contributed by atoms with Gasteiger partial charge >= 0.3 is 0 Å². The Morgan fingerprint density at radius 1 is 0.868 bits per heavy atom. The van der Waals surface area contributed by atoms with E-state index in [1.165, 1.54) is 0 Å². The van der Waals surface area contributed by atoms with Crippen molar-refractivity contribution in [1.29, 1.82) is 0 Å². The first-order valence-corrected chi connectivity index (χ1v) is 13.3. The molecule has 1 aliphatic rings. The van der Waals surface area contributed by atoms with E-state index in [0.29, 0.717) is 12.0 Å². The molecule has 0 atom stereocenters. The van der Waals surface area contributed by atoms with Gasteiger partial charge in [-0.25, -0.2) is 9.36 Å². The molecule has 0 fully saturated rings. The van der Waals surface area contributed by atoms with Crippen molar-refractivity contribution in [2.24, 2.45) is 5.41 Å². The lowest BCUT2D eigenvalue weighted by molar-refractivity contribution is 0.0912. The quantitative estimate of drug-likeness (QED) is 0.223. The Labute approximate surface area is 230 Å². The number of ether oxygens (including phenoxy) is 1. The van der Waals surface area contributed by atoms with Gasteiger partial charge in [-0.05, 0) is 72.5 Å². The van der Waals surface area contributed by atoms with E-state index in [1.54, 1.807) is 7.11 Å². The Morgan fingerprint density at radius 2 is 1.58 bits per heavy atom. The first kappa shape index (κ1) is 24.4. The number of fused-ring (bicyclic) bond motifs is 1. The zero-order chi connectivity index (χ0) is 26.4. The standard InChI is InChI=1S/C31H27BrN4O2/c1-31(2)17-26-28(27(37)18-31)30(36(33-26)23-13-11-21(32)12-14-23)25-19-35(22-7-5-4-6-8-22)34-29(25)20-9-15-24(38-3)16-10-20/h4-16,19H,17-18H2,1-3H3. The molecule has 0 radical (unpaired) electrons. The number of halogens is 1. The van der Waals surface area contributed by atoms with Crippen LogP contribution in [-0.4, -0.2) is 32.5 Å². The lowest BCUT2D eigenvalue weighted by atomic mass is 9.75. The van der Waals surface area contributed by atoms with Crippen molar-refractivity contribution in [2.45, 2.75) is 26.7 Å². The van der Waals surface area contributed by atoms with E-state index in [0.717, 1.165) is 56.2 Å². The van der Waals surface area contributed by atoms with Crippen molar-refractivity contribution < 1.29 is 9.53 Å². The molecule has 6 nitrogen and oxygen atoms in total. The summed E-state index contributed by atoms with van der Waals surface area (Å²) < 4.78 is 10.2. The van der Waals surface area contributed by atoms with Crippen molar-refractivity contribution in [1.82, 2.24) is 19.6 Å². The van der Waals surface area contributed by atoms with Crippen LogP contribution in [-0.2, 0) is 6.42 Å². The van der Waals surface area contributed by atoms with Gasteiger partial charge in [-0.1, -0.05) is 48.0 Å². The van der Waals surface area contributed by atoms with Crippen molar-refractivity contribution in [2.75, 3.05) is 7.11 Å². The Kier molecular flexibility index (Phi) is 6.03. The largest absolute Gasteiger partial charge is 0.497 e. The van der Waals surface area contributed by atoms with Gasteiger partial charge in [-0.15, -0.1) is 0 Å². The number of ketones is 1. The van der Waals surface area contributed by atoms with E-state index in [9.17, 15) is 4.79 Å². The first-order valence-electron chi connectivity index (χ1n) is 12.5. The summed E-state index contributed by atoms with van der Waals surface area (Å²) in [4.78, 5) is 13.7. The maximum atomic E-state index is 13.7. The topological polar surface area (TPSA) is 61.9 Å². The van der Waals surface area contributed by atoms with E-state index in [2.05, 4.69) is 29.8 Å². The molecular weight excluding hydrogens is 540 g/mol. The molecule has 38 heavy (non-hydrogen) atoms. The molecular formula is C31H27BrN4O2. The Morgan fingerprint density at radius 3 is 2.26 bits per heavy atom. The number of hydrogen-bond donors (Lipinski definition) is 0. The number of methoxy groups -OCH3 is 1. The molecule has 190 valence electrons. The number of para-hydroxylation sites is 1. The van der Waals surface area contributed by atoms with Crippen LogP contribution in [0.4, 0.5) is 0 Å². The molecule has 1 aliphatic carbocycles. The Balaban J connectivity index is 1.64. The van der Waals surface area contributed by atoms with E-state index < -0.39 is 0 Å². The molecule has 0 N–H and O–H groups in total. The zero-order valence-electron chi connectivity index (χ0n) is 21.5. The van der Waals surface area contributed by atoms with Crippen molar-refractivity contribution in [3.63, 3.8) is 0 Å². The Hall–Kier alpha value is -3.97. The third-order valence-electron chi connectivity index (χ3n) is 6.95. The molecule has 0 amide bonds. The minimum atomic E-state index is -0.146. The van der Waals surface area contributed by atoms with Crippen LogP contribution in [0.2, 0.25) is 0 Å². The molecule has 7 heteroatoms. The normalized spacial score (nSPS) is 14.4. The van der Waals surface area contributed by atoms with Crippen LogP contribution in [0.25, 0.3) is 33.9 Å². The van der Waals surface area contributed by atoms with Crippen LogP contribution < -0.4 is 4.74 Å². The highest BCUT2D eigenvalue weighted by Gasteiger charge is 2.38. The molecule has 2 aromatic heterocycles. The minimum Gasteiger partial charge on any atom is -0.497 e. The fourth-order valence-electron chi connectivity index (χ4n) is 5.16. The van der Waals surface area contributed by atoms with E-state index in [1.807, 2.05) is 94.4 Å². The van der Waals surface area contributed by atoms with Crippen LogP contribution >= 0.6 is 15.9 Å². The average Bonchev–Trinajstić information content (AvgIpc) is 3.51. The van der Waals surface area contributed by atoms with Crippen LogP contribution in [0.15, 0.2) is 89.5 Å². The minimum absolute atomic E-state index is 0.114. The van der Waals surface area contributed by atoms with Gasteiger partial charge in [0.05, 0.1) is 35.4 Å². The zero-order valence-corrected chi connectivity index (χ0v) is 23.1. The summed E-state index contributed by atoms with van der Waals surface area (Å²) in [5, 5.41) is 10.1. The fraction of sp³-hybridized carbons (Fsp3) is 0.194. The monoisotopic (exact) mass is 566 g/mol.